The Morgan fingerprint density at radius 1 is 0.933 bits per heavy atom. The van der Waals surface area contributed by atoms with Gasteiger partial charge in [0.25, 0.3) is 0 Å². The number of rotatable bonds is 11. The maximum Gasteiger partial charge on any atom is 0.0460 e. The van der Waals surface area contributed by atoms with Crippen LogP contribution in [-0.2, 0) is 0 Å². The first-order valence-corrected chi connectivity index (χ1v) is 7.09. The minimum absolute atomic E-state index is 0.329. The van der Waals surface area contributed by atoms with Crippen LogP contribution in [0.3, 0.4) is 0 Å². The summed E-state index contributed by atoms with van der Waals surface area (Å²) in [6.45, 7) is 6.56. The fourth-order valence-electron chi connectivity index (χ4n) is 1.70. The predicted molar refractivity (Wildman–Crippen MR) is 70.8 cm³/mol. The zero-order valence-electron chi connectivity index (χ0n) is 10.5. The zero-order chi connectivity index (χ0) is 11.4. The lowest BCUT2D eigenvalue weighted by Gasteiger charge is -2.09. The molecule has 0 saturated carbocycles. The molecule has 0 aliphatic carbocycles. The van der Waals surface area contributed by atoms with Gasteiger partial charge in [-0.15, -0.1) is 11.6 Å². The van der Waals surface area contributed by atoms with Crippen LogP contribution in [0.15, 0.2) is 0 Å². The fourth-order valence-corrected chi connectivity index (χ4v) is 2.03. The molecule has 2 heteroatoms. The van der Waals surface area contributed by atoms with Gasteiger partial charge in [0.2, 0.25) is 0 Å². The van der Waals surface area contributed by atoms with E-state index in [-0.39, 0.29) is 0 Å². The third-order valence-electron chi connectivity index (χ3n) is 2.67. The van der Waals surface area contributed by atoms with Crippen molar-refractivity contribution in [3.8, 4) is 0 Å². The molecule has 1 unspecified atom stereocenters. The van der Waals surface area contributed by atoms with Gasteiger partial charge in [0.1, 0.15) is 0 Å². The molecular formula is C13H28ClN. The van der Waals surface area contributed by atoms with Crippen molar-refractivity contribution in [2.45, 2.75) is 70.6 Å². The maximum absolute atomic E-state index is 6.10. The van der Waals surface area contributed by atoms with Gasteiger partial charge in [0.05, 0.1) is 0 Å². The molecule has 0 amide bonds. The van der Waals surface area contributed by atoms with Gasteiger partial charge in [-0.1, -0.05) is 52.4 Å². The molecule has 0 heterocycles. The number of nitrogens with one attached hydrogen (secondary N) is 1. The Morgan fingerprint density at radius 2 is 1.60 bits per heavy atom. The van der Waals surface area contributed by atoms with Crippen LogP contribution in [0, 0.1) is 0 Å². The van der Waals surface area contributed by atoms with E-state index in [9.17, 15) is 0 Å². The number of unbranched alkanes of at least 4 members (excludes halogenated alkanes) is 5. The second-order valence-electron chi connectivity index (χ2n) is 4.36. The molecule has 1 N–H and O–H groups in total. The maximum atomic E-state index is 6.10. The first-order valence-electron chi connectivity index (χ1n) is 6.66. The van der Waals surface area contributed by atoms with E-state index in [2.05, 4.69) is 19.2 Å². The smallest absolute Gasteiger partial charge is 0.0460 e. The largest absolute Gasteiger partial charge is 0.315 e. The Bertz CT molecular complexity index is 117. The van der Waals surface area contributed by atoms with Gasteiger partial charge in [-0.25, -0.2) is 0 Å². The Labute approximate surface area is 101 Å². The van der Waals surface area contributed by atoms with Crippen molar-refractivity contribution in [2.75, 3.05) is 13.1 Å². The normalized spacial score (nSPS) is 13.0. The monoisotopic (exact) mass is 233 g/mol. The number of hydrogen-bond donors (Lipinski definition) is 1. The van der Waals surface area contributed by atoms with Crippen molar-refractivity contribution < 1.29 is 0 Å². The Hall–Kier alpha value is 0.250. The summed E-state index contributed by atoms with van der Waals surface area (Å²) in [6, 6.07) is 0. The number of halogens is 1. The third kappa shape index (κ3) is 12.2. The van der Waals surface area contributed by atoms with Crippen LogP contribution in [0.5, 0.6) is 0 Å². The lowest BCUT2D eigenvalue weighted by atomic mass is 10.1. The fraction of sp³-hybridized carbons (Fsp3) is 1.00. The molecule has 0 aromatic rings. The zero-order valence-corrected chi connectivity index (χ0v) is 11.3. The van der Waals surface area contributed by atoms with Crippen LogP contribution < -0.4 is 5.32 Å². The quantitative estimate of drug-likeness (QED) is 0.414. The molecule has 0 saturated heterocycles. The molecular weight excluding hydrogens is 206 g/mol. The molecule has 1 atom stereocenters. The summed E-state index contributed by atoms with van der Waals surface area (Å²) in [6.07, 6.45) is 10.5. The molecule has 0 aliphatic rings. The van der Waals surface area contributed by atoms with Crippen LogP contribution in [-0.4, -0.2) is 18.5 Å². The average molecular weight is 234 g/mol. The molecule has 15 heavy (non-hydrogen) atoms. The Kier molecular flexibility index (Phi) is 12.5. The topological polar surface area (TPSA) is 12.0 Å². The first kappa shape index (κ1) is 15.2. The highest BCUT2D eigenvalue weighted by Crippen LogP contribution is 2.05. The van der Waals surface area contributed by atoms with E-state index in [0.29, 0.717) is 5.38 Å². The molecule has 0 rings (SSSR count). The minimum Gasteiger partial charge on any atom is -0.315 e. The lowest BCUT2D eigenvalue weighted by molar-refractivity contribution is 0.559. The second-order valence-corrected chi connectivity index (χ2v) is 4.98. The molecule has 0 aromatic heterocycles. The summed E-state index contributed by atoms with van der Waals surface area (Å²) in [5.41, 5.74) is 0. The number of alkyl halides is 1. The summed E-state index contributed by atoms with van der Waals surface area (Å²) in [5, 5.41) is 3.76. The molecule has 0 spiro atoms. The van der Waals surface area contributed by atoms with Gasteiger partial charge in [0, 0.05) is 11.9 Å². The van der Waals surface area contributed by atoms with Crippen LogP contribution in [0.2, 0.25) is 0 Å². The van der Waals surface area contributed by atoms with Crippen molar-refractivity contribution in [3.63, 3.8) is 0 Å². The molecule has 1 nitrogen and oxygen atoms in total. The van der Waals surface area contributed by atoms with Crippen molar-refractivity contribution in [1.29, 1.82) is 0 Å². The van der Waals surface area contributed by atoms with Crippen LogP contribution in [0.25, 0.3) is 0 Å². The Balaban J connectivity index is 2.98. The average Bonchev–Trinajstić information content (AvgIpc) is 2.22. The minimum atomic E-state index is 0.329. The summed E-state index contributed by atoms with van der Waals surface area (Å²) >= 11 is 6.10. The predicted octanol–water partition coefficient (Wildman–Crippen LogP) is 4.34. The summed E-state index contributed by atoms with van der Waals surface area (Å²) in [5.74, 6) is 0. The van der Waals surface area contributed by atoms with Gasteiger partial charge in [-0.05, 0) is 19.4 Å². The van der Waals surface area contributed by atoms with Crippen molar-refractivity contribution in [2.24, 2.45) is 0 Å². The number of hydrogen-bond acceptors (Lipinski definition) is 1. The van der Waals surface area contributed by atoms with E-state index in [1.54, 1.807) is 0 Å². The van der Waals surface area contributed by atoms with Gasteiger partial charge in [-0.2, -0.15) is 0 Å². The Morgan fingerprint density at radius 3 is 2.27 bits per heavy atom. The molecule has 0 bridgehead atoms. The standard InChI is InChI=1S/C13H28ClN/c1-3-5-6-7-8-9-11-15-12-13(14)10-4-2/h13,15H,3-12H2,1-2H3. The van der Waals surface area contributed by atoms with E-state index < -0.39 is 0 Å². The van der Waals surface area contributed by atoms with E-state index in [0.717, 1.165) is 19.5 Å². The first-order chi connectivity index (χ1) is 7.31. The summed E-state index contributed by atoms with van der Waals surface area (Å²) in [7, 11) is 0. The van der Waals surface area contributed by atoms with Crippen molar-refractivity contribution >= 4 is 11.6 Å². The molecule has 92 valence electrons. The van der Waals surface area contributed by atoms with Gasteiger partial charge >= 0.3 is 0 Å². The third-order valence-corrected chi connectivity index (χ3v) is 3.05. The van der Waals surface area contributed by atoms with Crippen molar-refractivity contribution in [3.05, 3.63) is 0 Å². The van der Waals surface area contributed by atoms with Crippen LogP contribution in [0.1, 0.15) is 65.2 Å². The van der Waals surface area contributed by atoms with Gasteiger partial charge < -0.3 is 5.32 Å². The highest BCUT2D eigenvalue weighted by molar-refractivity contribution is 6.20. The SMILES string of the molecule is CCCCCCCCNCC(Cl)CCC. The highest BCUT2D eigenvalue weighted by Gasteiger charge is 2.00. The van der Waals surface area contributed by atoms with E-state index in [1.165, 1.54) is 44.9 Å². The van der Waals surface area contributed by atoms with E-state index >= 15 is 0 Å². The lowest BCUT2D eigenvalue weighted by Crippen LogP contribution is -2.24. The van der Waals surface area contributed by atoms with Crippen molar-refractivity contribution in [1.82, 2.24) is 5.32 Å². The second kappa shape index (κ2) is 12.3. The van der Waals surface area contributed by atoms with Crippen LogP contribution in [0.4, 0.5) is 0 Å². The van der Waals surface area contributed by atoms with Gasteiger partial charge in [0.15, 0.2) is 0 Å². The summed E-state index contributed by atoms with van der Waals surface area (Å²) < 4.78 is 0. The van der Waals surface area contributed by atoms with Crippen LogP contribution >= 0.6 is 11.6 Å². The summed E-state index contributed by atoms with van der Waals surface area (Å²) in [4.78, 5) is 0. The molecule has 0 radical (unpaired) electrons. The van der Waals surface area contributed by atoms with Gasteiger partial charge in [-0.3, -0.25) is 0 Å². The molecule has 0 aromatic carbocycles. The molecule has 0 fully saturated rings. The molecule has 0 aliphatic heterocycles. The van der Waals surface area contributed by atoms with E-state index in [4.69, 9.17) is 11.6 Å². The highest BCUT2D eigenvalue weighted by atomic mass is 35.5. The van der Waals surface area contributed by atoms with E-state index in [1.807, 2.05) is 0 Å².